The minimum Gasteiger partial charge on any atom is -0.297 e. The highest BCUT2D eigenvalue weighted by Crippen LogP contribution is 2.17. The van der Waals surface area contributed by atoms with Crippen molar-refractivity contribution >= 4 is 29.2 Å². The molecule has 0 saturated heterocycles. The average Bonchev–Trinajstić information content (AvgIpc) is 2.28. The van der Waals surface area contributed by atoms with Crippen LogP contribution in [0, 0.1) is 6.92 Å². The summed E-state index contributed by atoms with van der Waals surface area (Å²) in [5.74, 6) is -0.736. The number of anilines is 1. The third kappa shape index (κ3) is 2.97. The number of nitrogens with zero attached hydrogens (tertiary/aromatic N) is 1. The van der Waals surface area contributed by atoms with Crippen LogP contribution in [0.4, 0.5) is 10.5 Å². The van der Waals surface area contributed by atoms with Gasteiger partial charge in [-0.15, -0.1) is 11.6 Å². The topological polar surface area (TPSA) is 49.4 Å². The lowest BCUT2D eigenvalue weighted by Gasteiger charge is -2.19. The largest absolute Gasteiger partial charge is 0.328 e. The van der Waals surface area contributed by atoms with Crippen molar-refractivity contribution in [2.45, 2.75) is 6.92 Å². The van der Waals surface area contributed by atoms with Gasteiger partial charge in [0.1, 0.15) is 5.88 Å². The molecule has 0 radical (unpaired) electrons. The van der Waals surface area contributed by atoms with E-state index in [0.717, 1.165) is 11.3 Å². The molecule has 0 saturated carbocycles. The van der Waals surface area contributed by atoms with Gasteiger partial charge in [-0.1, -0.05) is 18.2 Å². The van der Waals surface area contributed by atoms with Crippen LogP contribution in [0.2, 0.25) is 0 Å². The molecule has 0 atom stereocenters. The maximum Gasteiger partial charge on any atom is 0.328 e. The van der Waals surface area contributed by atoms with Gasteiger partial charge in [0.25, 0.3) is 0 Å². The van der Waals surface area contributed by atoms with E-state index in [9.17, 15) is 9.59 Å². The quantitative estimate of drug-likeness (QED) is 0.803. The molecule has 1 N–H and O–H groups in total. The fourth-order valence-electron chi connectivity index (χ4n) is 1.29. The smallest absolute Gasteiger partial charge is 0.297 e. The van der Waals surface area contributed by atoms with Gasteiger partial charge in [-0.2, -0.15) is 0 Å². The summed E-state index contributed by atoms with van der Waals surface area (Å²) in [5, 5.41) is 2.17. The molecular formula is C11H13ClN2O2. The highest BCUT2D eigenvalue weighted by molar-refractivity contribution is 6.28. The molecule has 0 unspecified atom stereocenters. The fourth-order valence-corrected chi connectivity index (χ4v) is 1.35. The van der Waals surface area contributed by atoms with Crippen LogP contribution in [0.15, 0.2) is 24.3 Å². The lowest BCUT2D eigenvalue weighted by atomic mass is 10.2. The van der Waals surface area contributed by atoms with Crippen LogP contribution in [0.25, 0.3) is 0 Å². The Kier molecular flexibility index (Phi) is 4.31. The predicted molar refractivity (Wildman–Crippen MR) is 63.8 cm³/mol. The summed E-state index contributed by atoms with van der Waals surface area (Å²) >= 11 is 5.30. The van der Waals surface area contributed by atoms with Gasteiger partial charge < -0.3 is 0 Å². The molecule has 0 aromatic heterocycles. The van der Waals surface area contributed by atoms with Crippen molar-refractivity contribution in [2.75, 3.05) is 17.8 Å². The van der Waals surface area contributed by atoms with E-state index in [1.807, 2.05) is 25.1 Å². The van der Waals surface area contributed by atoms with Crippen LogP contribution in [-0.4, -0.2) is 24.9 Å². The minimum absolute atomic E-state index is 0.229. The number of hydrogen-bond donors (Lipinski definition) is 1. The summed E-state index contributed by atoms with van der Waals surface area (Å²) in [7, 11) is 1.60. The predicted octanol–water partition coefficient (Wildman–Crippen LogP) is 1.91. The fraction of sp³-hybridized carbons (Fsp3) is 0.273. The van der Waals surface area contributed by atoms with Crippen LogP contribution < -0.4 is 10.2 Å². The van der Waals surface area contributed by atoms with E-state index >= 15 is 0 Å². The Morgan fingerprint density at radius 1 is 1.38 bits per heavy atom. The standard InChI is InChI=1S/C11H13ClN2O2/c1-8-5-3-4-6-9(8)14(2)11(16)13-10(15)7-12/h3-6H,7H2,1-2H3,(H,13,15,16). The molecule has 1 rings (SSSR count). The number of halogens is 1. The summed E-state index contributed by atoms with van der Waals surface area (Å²) in [4.78, 5) is 23.9. The number of carbonyl (C=O) groups is 2. The summed E-state index contributed by atoms with van der Waals surface area (Å²) in [6.07, 6.45) is 0. The first kappa shape index (κ1) is 12.5. The number of benzene rings is 1. The number of aryl methyl sites for hydroxylation is 1. The second kappa shape index (κ2) is 5.51. The van der Waals surface area contributed by atoms with Gasteiger partial charge in [0, 0.05) is 12.7 Å². The third-order valence-corrected chi connectivity index (χ3v) is 2.39. The second-order valence-corrected chi connectivity index (χ2v) is 3.60. The summed E-state index contributed by atoms with van der Waals surface area (Å²) in [6.45, 7) is 1.89. The molecule has 0 aliphatic heterocycles. The Bertz CT molecular complexity index is 407. The zero-order valence-corrected chi connectivity index (χ0v) is 9.91. The van der Waals surface area contributed by atoms with Crippen LogP contribution in [0.1, 0.15) is 5.56 Å². The van der Waals surface area contributed by atoms with Gasteiger partial charge in [0.15, 0.2) is 0 Å². The highest BCUT2D eigenvalue weighted by atomic mass is 35.5. The number of urea groups is 1. The van der Waals surface area contributed by atoms with Crippen molar-refractivity contribution in [3.8, 4) is 0 Å². The van der Waals surface area contributed by atoms with E-state index in [1.54, 1.807) is 13.1 Å². The number of imide groups is 1. The zero-order valence-electron chi connectivity index (χ0n) is 9.16. The SMILES string of the molecule is Cc1ccccc1N(C)C(=O)NC(=O)CCl. The van der Waals surface area contributed by atoms with Crippen LogP contribution >= 0.6 is 11.6 Å². The molecule has 1 aromatic carbocycles. The zero-order chi connectivity index (χ0) is 12.1. The molecule has 0 spiro atoms. The molecule has 0 heterocycles. The van der Waals surface area contributed by atoms with Crippen molar-refractivity contribution in [3.05, 3.63) is 29.8 Å². The average molecular weight is 241 g/mol. The van der Waals surface area contributed by atoms with E-state index < -0.39 is 11.9 Å². The molecule has 4 nitrogen and oxygen atoms in total. The number of amides is 3. The Labute approximate surface area is 99.2 Å². The van der Waals surface area contributed by atoms with Crippen molar-refractivity contribution in [1.29, 1.82) is 0 Å². The first-order valence-electron chi connectivity index (χ1n) is 4.75. The molecule has 3 amide bonds. The Balaban J connectivity index is 2.78. The van der Waals surface area contributed by atoms with Crippen LogP contribution in [0.3, 0.4) is 0 Å². The molecule has 0 fully saturated rings. The van der Waals surface area contributed by atoms with Crippen molar-refractivity contribution in [2.24, 2.45) is 0 Å². The van der Waals surface area contributed by atoms with Crippen molar-refractivity contribution in [1.82, 2.24) is 5.32 Å². The normalized spacial score (nSPS) is 9.69. The Morgan fingerprint density at radius 3 is 2.56 bits per heavy atom. The molecule has 5 heteroatoms. The number of rotatable bonds is 2. The van der Waals surface area contributed by atoms with E-state index in [1.165, 1.54) is 4.90 Å². The Morgan fingerprint density at radius 2 is 2.00 bits per heavy atom. The van der Waals surface area contributed by atoms with Gasteiger partial charge >= 0.3 is 6.03 Å². The lowest BCUT2D eigenvalue weighted by Crippen LogP contribution is -2.41. The first-order valence-corrected chi connectivity index (χ1v) is 5.29. The summed E-state index contributed by atoms with van der Waals surface area (Å²) < 4.78 is 0. The maximum atomic E-state index is 11.6. The molecule has 0 aliphatic rings. The van der Waals surface area contributed by atoms with Gasteiger partial charge in [-0.25, -0.2) is 4.79 Å². The van der Waals surface area contributed by atoms with Gasteiger partial charge in [-0.05, 0) is 18.6 Å². The second-order valence-electron chi connectivity index (χ2n) is 3.33. The van der Waals surface area contributed by atoms with Crippen molar-refractivity contribution in [3.63, 3.8) is 0 Å². The summed E-state index contributed by atoms with van der Waals surface area (Å²) in [5.41, 5.74) is 1.71. The van der Waals surface area contributed by atoms with E-state index in [0.29, 0.717) is 0 Å². The number of hydrogen-bond acceptors (Lipinski definition) is 2. The van der Waals surface area contributed by atoms with Gasteiger partial charge in [0.05, 0.1) is 0 Å². The van der Waals surface area contributed by atoms with Crippen molar-refractivity contribution < 1.29 is 9.59 Å². The van der Waals surface area contributed by atoms with Crippen LogP contribution in [0.5, 0.6) is 0 Å². The molecule has 16 heavy (non-hydrogen) atoms. The minimum atomic E-state index is -0.507. The molecule has 86 valence electrons. The van der Waals surface area contributed by atoms with E-state index in [-0.39, 0.29) is 5.88 Å². The van der Waals surface area contributed by atoms with E-state index in [2.05, 4.69) is 5.32 Å². The number of nitrogens with one attached hydrogen (secondary N) is 1. The molecule has 0 bridgehead atoms. The molecular weight excluding hydrogens is 228 g/mol. The van der Waals surface area contributed by atoms with Gasteiger partial charge in [-0.3, -0.25) is 15.0 Å². The number of alkyl halides is 1. The Hall–Kier alpha value is -1.55. The lowest BCUT2D eigenvalue weighted by molar-refractivity contribution is -0.117. The summed E-state index contributed by atoms with van der Waals surface area (Å²) in [6, 6.07) is 6.92. The molecule has 0 aliphatic carbocycles. The highest BCUT2D eigenvalue weighted by Gasteiger charge is 2.14. The van der Waals surface area contributed by atoms with Crippen LogP contribution in [-0.2, 0) is 4.79 Å². The molecule has 1 aromatic rings. The third-order valence-electron chi connectivity index (χ3n) is 2.15. The first-order chi connectivity index (χ1) is 7.56. The van der Waals surface area contributed by atoms with Gasteiger partial charge in [0.2, 0.25) is 5.91 Å². The monoisotopic (exact) mass is 240 g/mol. The maximum absolute atomic E-state index is 11.6. The number of para-hydroxylation sites is 1. The number of carbonyl (C=O) groups excluding carboxylic acids is 2. The van der Waals surface area contributed by atoms with E-state index in [4.69, 9.17) is 11.6 Å².